The standard InChI is InChI=1S/C13H13BrN2O3/c1-3-9-8(7-16(2)15-9)10(17)6-11(18)12-4-5-13(14)19-12/h4-5,7H,3,6H2,1-2H3. The van der Waals surface area contributed by atoms with Crippen molar-refractivity contribution in [3.8, 4) is 0 Å². The van der Waals surface area contributed by atoms with Gasteiger partial charge in [0.1, 0.15) is 0 Å². The highest BCUT2D eigenvalue weighted by Crippen LogP contribution is 2.17. The monoisotopic (exact) mass is 324 g/mol. The summed E-state index contributed by atoms with van der Waals surface area (Å²) in [6.45, 7) is 1.92. The van der Waals surface area contributed by atoms with Crippen molar-refractivity contribution in [1.82, 2.24) is 9.78 Å². The average molecular weight is 325 g/mol. The minimum atomic E-state index is -0.332. The number of aromatic nitrogens is 2. The number of furan rings is 1. The van der Waals surface area contributed by atoms with Gasteiger partial charge in [-0.05, 0) is 34.5 Å². The van der Waals surface area contributed by atoms with Crippen molar-refractivity contribution >= 4 is 27.5 Å². The van der Waals surface area contributed by atoms with Gasteiger partial charge in [-0.25, -0.2) is 0 Å². The van der Waals surface area contributed by atoms with E-state index in [1.165, 1.54) is 0 Å². The summed E-state index contributed by atoms with van der Waals surface area (Å²) in [7, 11) is 1.75. The first kappa shape index (κ1) is 13.7. The third-order valence-corrected chi connectivity index (χ3v) is 3.14. The minimum Gasteiger partial charge on any atom is -0.446 e. The number of ketones is 2. The number of rotatable bonds is 5. The maximum atomic E-state index is 12.1. The van der Waals surface area contributed by atoms with E-state index in [1.54, 1.807) is 30.1 Å². The van der Waals surface area contributed by atoms with Crippen molar-refractivity contribution in [1.29, 1.82) is 0 Å². The molecule has 0 aliphatic carbocycles. The van der Waals surface area contributed by atoms with E-state index < -0.39 is 0 Å². The number of hydrogen-bond acceptors (Lipinski definition) is 4. The Kier molecular flexibility index (Phi) is 3.99. The SMILES string of the molecule is CCc1nn(C)cc1C(=O)CC(=O)c1ccc(Br)o1. The quantitative estimate of drug-likeness (QED) is 0.626. The lowest BCUT2D eigenvalue weighted by atomic mass is 10.0. The van der Waals surface area contributed by atoms with Crippen LogP contribution in [0.3, 0.4) is 0 Å². The molecule has 0 N–H and O–H groups in total. The summed E-state index contributed by atoms with van der Waals surface area (Å²) < 4.78 is 7.19. The predicted molar refractivity (Wildman–Crippen MR) is 72.3 cm³/mol. The number of aryl methyl sites for hydroxylation is 2. The zero-order valence-corrected chi connectivity index (χ0v) is 12.2. The summed E-state index contributed by atoms with van der Waals surface area (Å²) in [6.07, 6.45) is 2.09. The molecule has 6 heteroatoms. The summed E-state index contributed by atoms with van der Waals surface area (Å²) in [4.78, 5) is 24.0. The molecule has 2 heterocycles. The highest BCUT2D eigenvalue weighted by molar-refractivity contribution is 9.10. The highest BCUT2D eigenvalue weighted by atomic mass is 79.9. The Morgan fingerprint density at radius 1 is 1.37 bits per heavy atom. The second-order valence-electron chi connectivity index (χ2n) is 4.14. The molecule has 2 aromatic heterocycles. The van der Waals surface area contributed by atoms with Crippen LogP contribution >= 0.6 is 15.9 Å². The molecule has 19 heavy (non-hydrogen) atoms. The van der Waals surface area contributed by atoms with Gasteiger partial charge in [-0.2, -0.15) is 5.10 Å². The van der Waals surface area contributed by atoms with E-state index in [-0.39, 0.29) is 23.7 Å². The van der Waals surface area contributed by atoms with Crippen molar-refractivity contribution in [3.63, 3.8) is 0 Å². The first-order valence-corrected chi connectivity index (χ1v) is 6.64. The van der Waals surface area contributed by atoms with E-state index in [2.05, 4.69) is 21.0 Å². The number of halogens is 1. The van der Waals surface area contributed by atoms with Gasteiger partial charge in [0.2, 0.25) is 5.78 Å². The largest absolute Gasteiger partial charge is 0.446 e. The third-order valence-electron chi connectivity index (χ3n) is 2.71. The van der Waals surface area contributed by atoms with Crippen molar-refractivity contribution in [2.75, 3.05) is 0 Å². The molecule has 2 aromatic rings. The summed E-state index contributed by atoms with van der Waals surface area (Å²) >= 11 is 3.12. The van der Waals surface area contributed by atoms with Crippen LogP contribution in [0.25, 0.3) is 0 Å². The molecule has 0 unspecified atom stereocenters. The summed E-state index contributed by atoms with van der Waals surface area (Å²) in [5.74, 6) is -0.383. The first-order chi connectivity index (χ1) is 9.01. The normalized spacial score (nSPS) is 10.7. The fourth-order valence-electron chi connectivity index (χ4n) is 1.82. The number of Topliss-reactive ketones (excluding diaryl/α,β-unsaturated/α-hetero) is 2. The zero-order valence-electron chi connectivity index (χ0n) is 10.6. The Morgan fingerprint density at radius 3 is 2.68 bits per heavy atom. The van der Waals surface area contributed by atoms with E-state index in [0.717, 1.165) is 0 Å². The minimum absolute atomic E-state index is 0.183. The Balaban J connectivity index is 2.14. The van der Waals surface area contributed by atoms with Gasteiger partial charge in [-0.15, -0.1) is 0 Å². The molecule has 0 aliphatic heterocycles. The fraction of sp³-hybridized carbons (Fsp3) is 0.308. The van der Waals surface area contributed by atoms with Crippen molar-refractivity contribution in [3.05, 3.63) is 40.0 Å². The molecule has 100 valence electrons. The van der Waals surface area contributed by atoms with Gasteiger partial charge in [-0.1, -0.05) is 6.92 Å². The molecule has 0 bridgehead atoms. The predicted octanol–water partition coefficient (Wildman–Crippen LogP) is 2.79. The average Bonchev–Trinajstić information content (AvgIpc) is 2.95. The maximum Gasteiger partial charge on any atom is 0.205 e. The van der Waals surface area contributed by atoms with Gasteiger partial charge in [-0.3, -0.25) is 14.3 Å². The molecular weight excluding hydrogens is 312 g/mol. The van der Waals surface area contributed by atoms with Crippen molar-refractivity contribution in [2.45, 2.75) is 19.8 Å². The second-order valence-corrected chi connectivity index (χ2v) is 4.93. The van der Waals surface area contributed by atoms with E-state index in [0.29, 0.717) is 22.3 Å². The molecule has 0 atom stereocenters. The van der Waals surface area contributed by atoms with Crippen LogP contribution < -0.4 is 0 Å². The number of carbonyl (C=O) groups is 2. The Bertz CT molecular complexity index is 628. The van der Waals surface area contributed by atoms with Gasteiger partial charge in [0, 0.05) is 13.2 Å². The third kappa shape index (κ3) is 3.01. The number of nitrogens with zero attached hydrogens (tertiary/aromatic N) is 2. The molecule has 0 saturated carbocycles. The molecule has 0 aliphatic rings. The van der Waals surface area contributed by atoms with Crippen molar-refractivity contribution in [2.24, 2.45) is 7.05 Å². The Morgan fingerprint density at radius 2 is 2.11 bits per heavy atom. The van der Waals surface area contributed by atoms with Crippen molar-refractivity contribution < 1.29 is 14.0 Å². The first-order valence-electron chi connectivity index (χ1n) is 5.85. The Hall–Kier alpha value is -1.69. The van der Waals surface area contributed by atoms with Crippen LogP contribution in [0.5, 0.6) is 0 Å². The molecule has 0 amide bonds. The van der Waals surface area contributed by atoms with Gasteiger partial charge in [0.25, 0.3) is 0 Å². The van der Waals surface area contributed by atoms with Gasteiger partial charge in [0.15, 0.2) is 16.2 Å². The molecule has 0 saturated heterocycles. The van der Waals surface area contributed by atoms with E-state index >= 15 is 0 Å². The van der Waals surface area contributed by atoms with Crippen LogP contribution in [0.1, 0.15) is 40.0 Å². The Labute approximate surface area is 118 Å². The molecule has 0 fully saturated rings. The molecule has 0 aromatic carbocycles. The lowest BCUT2D eigenvalue weighted by Gasteiger charge is -1.98. The number of hydrogen-bond donors (Lipinski definition) is 0. The molecule has 5 nitrogen and oxygen atoms in total. The topological polar surface area (TPSA) is 65.1 Å². The zero-order chi connectivity index (χ0) is 14.0. The molecule has 0 radical (unpaired) electrons. The molecule has 2 rings (SSSR count). The second kappa shape index (κ2) is 5.52. The maximum absolute atomic E-state index is 12.1. The highest BCUT2D eigenvalue weighted by Gasteiger charge is 2.20. The van der Waals surface area contributed by atoms with Crippen LogP contribution in [-0.4, -0.2) is 21.3 Å². The summed E-state index contributed by atoms with van der Waals surface area (Å²) in [5, 5.41) is 4.19. The summed E-state index contributed by atoms with van der Waals surface area (Å²) in [6, 6.07) is 3.17. The number of carbonyl (C=O) groups excluding carboxylic acids is 2. The van der Waals surface area contributed by atoms with Crippen LogP contribution in [0.2, 0.25) is 0 Å². The van der Waals surface area contributed by atoms with Crippen LogP contribution in [0.4, 0.5) is 0 Å². The van der Waals surface area contributed by atoms with E-state index in [4.69, 9.17) is 4.42 Å². The molecule has 0 spiro atoms. The molecular formula is C13H13BrN2O3. The lowest BCUT2D eigenvalue weighted by Crippen LogP contribution is -2.09. The fourth-order valence-corrected chi connectivity index (χ4v) is 2.13. The summed E-state index contributed by atoms with van der Waals surface area (Å²) in [5.41, 5.74) is 1.21. The van der Waals surface area contributed by atoms with Gasteiger partial charge >= 0.3 is 0 Å². The van der Waals surface area contributed by atoms with E-state index in [1.807, 2.05) is 6.92 Å². The lowest BCUT2D eigenvalue weighted by molar-refractivity contribution is 0.0877. The van der Waals surface area contributed by atoms with E-state index in [9.17, 15) is 9.59 Å². The van der Waals surface area contributed by atoms with Gasteiger partial charge in [0.05, 0.1) is 17.7 Å². The van der Waals surface area contributed by atoms with Crippen LogP contribution in [0.15, 0.2) is 27.4 Å². The van der Waals surface area contributed by atoms with Crippen LogP contribution in [-0.2, 0) is 13.5 Å². The van der Waals surface area contributed by atoms with Crippen LogP contribution in [0, 0.1) is 0 Å². The van der Waals surface area contributed by atoms with Gasteiger partial charge < -0.3 is 4.42 Å². The smallest absolute Gasteiger partial charge is 0.205 e.